The molecule has 9 unspecified atom stereocenters. The summed E-state index contributed by atoms with van der Waals surface area (Å²) < 4.78 is 1.73. The van der Waals surface area contributed by atoms with E-state index in [1.165, 1.54) is 0 Å². The van der Waals surface area contributed by atoms with E-state index in [1.54, 1.807) is 10.9 Å². The van der Waals surface area contributed by atoms with Crippen molar-refractivity contribution in [1.29, 1.82) is 5.26 Å². The zero-order valence-electron chi connectivity index (χ0n) is 30.5. The van der Waals surface area contributed by atoms with Crippen molar-refractivity contribution >= 4 is 17.5 Å². The number of nitriles is 1. The van der Waals surface area contributed by atoms with E-state index < -0.39 is 21.7 Å². The number of hydrogen-bond donors (Lipinski definition) is 0. The number of carbonyl (C=O) groups is 3. The lowest BCUT2D eigenvalue weighted by Gasteiger charge is -2.70. The largest absolute Gasteiger partial charge is 0.368 e. The first-order valence-electron chi connectivity index (χ1n) is 18.2. The number of fused-ring (bicyclic) bond motifs is 7. The van der Waals surface area contributed by atoms with Gasteiger partial charge in [0, 0.05) is 24.6 Å². The lowest BCUT2D eigenvalue weighted by molar-refractivity contribution is -0.174. The van der Waals surface area contributed by atoms with Gasteiger partial charge in [-0.1, -0.05) is 66.2 Å². The van der Waals surface area contributed by atoms with Crippen LogP contribution in [0.5, 0.6) is 0 Å². The third-order valence-corrected chi connectivity index (χ3v) is 15.3. The lowest BCUT2D eigenvalue weighted by Crippen LogP contribution is -2.67. The first-order valence-corrected chi connectivity index (χ1v) is 18.2. The number of imidazole rings is 1. The number of ketones is 2. The van der Waals surface area contributed by atoms with Gasteiger partial charge in [-0.25, -0.2) is 4.98 Å². The van der Waals surface area contributed by atoms with E-state index in [2.05, 4.69) is 51.7 Å². The monoisotopic (exact) mass is 650 g/mol. The van der Waals surface area contributed by atoms with Crippen LogP contribution in [0.25, 0.3) is 0 Å². The molecule has 0 saturated heterocycles. The normalized spacial score (nSPS) is 44.1. The minimum atomic E-state index is -1.10. The summed E-state index contributed by atoms with van der Waals surface area (Å²) in [6.45, 7) is 17.4. The molecule has 7 rings (SSSR count). The highest BCUT2D eigenvalue weighted by Crippen LogP contribution is 2.76. The van der Waals surface area contributed by atoms with Crippen LogP contribution < -0.4 is 0 Å². The molecular formula is C41H54N4O3. The minimum absolute atomic E-state index is 0.0198. The summed E-state index contributed by atoms with van der Waals surface area (Å²) >= 11 is 0. The molecule has 2 heterocycles. The molecule has 1 aliphatic heterocycles. The number of Topliss-reactive ketones (excluding diaryl/α,β-unsaturated/α-hetero) is 1. The first kappa shape index (κ1) is 33.2. The van der Waals surface area contributed by atoms with Gasteiger partial charge in [-0.3, -0.25) is 19.0 Å². The van der Waals surface area contributed by atoms with Crippen molar-refractivity contribution in [2.45, 2.75) is 113 Å². The SMILES string of the molecule is CN1C=CC=CC1c1cn(C(=O)C23CCC(C)(C)CC2C2C(=O)C=C4C5(C)CC(C)(C#N)C(=O)C(C)(C)C5CCC4(C)C2(C)CC3)cn1. The van der Waals surface area contributed by atoms with Crippen molar-refractivity contribution in [2.24, 2.45) is 55.7 Å². The highest BCUT2D eigenvalue weighted by atomic mass is 16.2. The molecule has 0 bridgehead atoms. The molecular weight excluding hydrogens is 596 g/mol. The Labute approximate surface area is 286 Å². The molecule has 1 aromatic rings. The average molecular weight is 651 g/mol. The zero-order chi connectivity index (χ0) is 34.9. The maximum absolute atomic E-state index is 15.0. The topological polar surface area (TPSA) is 96.1 Å². The van der Waals surface area contributed by atoms with E-state index >= 15 is 0 Å². The molecule has 7 nitrogen and oxygen atoms in total. The van der Waals surface area contributed by atoms with Crippen LogP contribution in [0.15, 0.2) is 48.6 Å². The van der Waals surface area contributed by atoms with Gasteiger partial charge in [-0.15, -0.1) is 0 Å². The zero-order valence-corrected chi connectivity index (χ0v) is 30.5. The summed E-state index contributed by atoms with van der Waals surface area (Å²) in [7, 11) is 2.02. The van der Waals surface area contributed by atoms with E-state index in [-0.39, 0.29) is 57.5 Å². The standard InChI is InChI=1S/C41H54N4O3/c1-35(2)15-17-41(34(48)45-22-27(43-25-45)28-12-10-11-19-44(28)9)18-16-40(8)32(26(41)21-35)29(46)20-31-38(6)23-37(5,24-42)33(47)36(3,4)30(38)13-14-39(31,40)7/h10-12,19-20,22,25-26,28,30,32H,13-18,21,23H2,1-9H3. The quantitative estimate of drug-likeness (QED) is 0.320. The molecule has 6 aliphatic rings. The third kappa shape index (κ3) is 4.16. The smallest absolute Gasteiger partial charge is 0.238 e. The lowest BCUT2D eigenvalue weighted by atomic mass is 9.33. The van der Waals surface area contributed by atoms with Crippen LogP contribution in [0.1, 0.15) is 123 Å². The Morgan fingerprint density at radius 3 is 2.38 bits per heavy atom. The number of nitrogens with zero attached hydrogens (tertiary/aromatic N) is 4. The van der Waals surface area contributed by atoms with Crippen LogP contribution in [-0.2, 0) is 9.59 Å². The molecule has 0 spiro atoms. The molecule has 4 fully saturated rings. The summed E-state index contributed by atoms with van der Waals surface area (Å²) in [5, 5.41) is 10.3. The summed E-state index contributed by atoms with van der Waals surface area (Å²) in [5.74, 6) is -0.0294. The second-order valence-corrected chi connectivity index (χ2v) is 18.8. The van der Waals surface area contributed by atoms with Gasteiger partial charge in [-0.05, 0) is 110 Å². The van der Waals surface area contributed by atoms with Gasteiger partial charge in [0.25, 0.3) is 0 Å². The molecule has 7 heteroatoms. The number of rotatable bonds is 2. The number of carbonyl (C=O) groups excluding carboxylic acids is 3. The molecule has 0 N–H and O–H groups in total. The van der Waals surface area contributed by atoms with Gasteiger partial charge in [0.2, 0.25) is 5.91 Å². The van der Waals surface area contributed by atoms with Crippen LogP contribution in [-0.4, -0.2) is 39.0 Å². The number of allylic oxidation sites excluding steroid dienone is 4. The van der Waals surface area contributed by atoms with Crippen LogP contribution in [0.3, 0.4) is 0 Å². The Morgan fingerprint density at radius 2 is 1.69 bits per heavy atom. The van der Waals surface area contributed by atoms with E-state index in [9.17, 15) is 19.6 Å². The van der Waals surface area contributed by atoms with Gasteiger partial charge in [0.1, 0.15) is 11.7 Å². The molecule has 48 heavy (non-hydrogen) atoms. The second-order valence-electron chi connectivity index (χ2n) is 18.8. The molecule has 5 aliphatic carbocycles. The summed E-state index contributed by atoms with van der Waals surface area (Å²) in [5.41, 5.74) is -1.46. The van der Waals surface area contributed by atoms with Crippen molar-refractivity contribution < 1.29 is 14.4 Å². The van der Waals surface area contributed by atoms with Crippen molar-refractivity contribution in [1.82, 2.24) is 14.5 Å². The van der Waals surface area contributed by atoms with Gasteiger partial charge in [0.15, 0.2) is 11.6 Å². The van der Waals surface area contributed by atoms with E-state index in [4.69, 9.17) is 4.98 Å². The van der Waals surface area contributed by atoms with Gasteiger partial charge < -0.3 is 4.90 Å². The van der Waals surface area contributed by atoms with Crippen molar-refractivity contribution in [2.75, 3.05) is 7.05 Å². The molecule has 1 aromatic heterocycles. The summed E-state index contributed by atoms with van der Waals surface area (Å²) in [6.07, 6.45) is 20.0. The predicted molar refractivity (Wildman–Crippen MR) is 185 cm³/mol. The molecule has 0 aromatic carbocycles. The fourth-order valence-corrected chi connectivity index (χ4v) is 12.7. The molecule has 0 radical (unpaired) electrons. The van der Waals surface area contributed by atoms with Crippen LogP contribution >= 0.6 is 0 Å². The molecule has 0 amide bonds. The van der Waals surface area contributed by atoms with E-state index in [0.29, 0.717) is 6.42 Å². The Balaban J connectivity index is 1.32. The highest BCUT2D eigenvalue weighted by Gasteiger charge is 2.72. The van der Waals surface area contributed by atoms with E-state index in [0.717, 1.165) is 56.2 Å². The first-order chi connectivity index (χ1) is 22.3. The van der Waals surface area contributed by atoms with Crippen LogP contribution in [0.4, 0.5) is 0 Å². The number of likely N-dealkylation sites (N-methyl/N-ethyl adjacent to an activating group) is 1. The molecule has 256 valence electrons. The molecule has 9 atom stereocenters. The van der Waals surface area contributed by atoms with Crippen LogP contribution in [0, 0.1) is 67.0 Å². The predicted octanol–water partition coefficient (Wildman–Crippen LogP) is 8.27. The molecule has 4 saturated carbocycles. The van der Waals surface area contributed by atoms with Crippen molar-refractivity contribution in [3.63, 3.8) is 0 Å². The fraction of sp³-hybridized carbons (Fsp3) is 0.683. The maximum atomic E-state index is 15.0. The van der Waals surface area contributed by atoms with Crippen LogP contribution in [0.2, 0.25) is 0 Å². The van der Waals surface area contributed by atoms with Gasteiger partial charge >= 0.3 is 0 Å². The van der Waals surface area contributed by atoms with Gasteiger partial charge in [-0.2, -0.15) is 5.26 Å². The number of aromatic nitrogens is 2. The average Bonchev–Trinajstić information content (AvgIpc) is 3.51. The summed E-state index contributed by atoms with van der Waals surface area (Å²) in [4.78, 5) is 50.5. The van der Waals surface area contributed by atoms with E-state index in [1.807, 2.05) is 58.4 Å². The second kappa shape index (κ2) is 10.1. The fourth-order valence-electron chi connectivity index (χ4n) is 12.7. The maximum Gasteiger partial charge on any atom is 0.238 e. The van der Waals surface area contributed by atoms with Crippen molar-refractivity contribution in [3.05, 3.63) is 54.3 Å². The third-order valence-electron chi connectivity index (χ3n) is 15.3. The summed E-state index contributed by atoms with van der Waals surface area (Å²) in [6, 6.07) is 2.39. The number of hydrogen-bond acceptors (Lipinski definition) is 6. The Kier molecular flexibility index (Phi) is 7.02. The van der Waals surface area contributed by atoms with Crippen molar-refractivity contribution in [3.8, 4) is 6.07 Å². The Morgan fingerprint density at radius 1 is 0.979 bits per heavy atom. The minimum Gasteiger partial charge on any atom is -0.368 e. The highest BCUT2D eigenvalue weighted by molar-refractivity contribution is 5.98. The van der Waals surface area contributed by atoms with Gasteiger partial charge in [0.05, 0.1) is 23.2 Å². The Hall–Kier alpha value is -3.27. The Bertz CT molecular complexity index is 1740.